The van der Waals surface area contributed by atoms with Crippen LogP contribution in [0.2, 0.25) is 0 Å². The molecule has 3 aliphatic rings. The number of nitrogens with zero attached hydrogens (tertiary/aromatic N) is 5. The van der Waals surface area contributed by atoms with Crippen molar-refractivity contribution in [1.29, 1.82) is 0 Å². The average molecular weight is 474 g/mol. The van der Waals surface area contributed by atoms with Crippen molar-refractivity contribution in [1.82, 2.24) is 19.8 Å². The zero-order chi connectivity index (χ0) is 24.8. The van der Waals surface area contributed by atoms with Crippen LogP contribution in [0.3, 0.4) is 0 Å². The van der Waals surface area contributed by atoms with Gasteiger partial charge in [0, 0.05) is 43.8 Å². The average Bonchev–Trinajstić information content (AvgIpc) is 3.42. The van der Waals surface area contributed by atoms with Gasteiger partial charge in [0.2, 0.25) is 0 Å². The van der Waals surface area contributed by atoms with Crippen molar-refractivity contribution in [3.05, 3.63) is 17.6 Å². The molecule has 9 nitrogen and oxygen atoms in total. The Labute approximate surface area is 202 Å². The van der Waals surface area contributed by atoms with Gasteiger partial charge in [-0.05, 0) is 59.8 Å². The number of carbonyl (C=O) groups is 2. The highest BCUT2D eigenvalue weighted by Crippen LogP contribution is 2.53. The lowest BCUT2D eigenvalue weighted by atomic mass is 9.95. The number of carbonyl (C=O) groups excluding carboxylic acids is 2. The fraction of sp³-hybridized carbons (Fsp3) is 0.760. The number of esters is 1. The lowest BCUT2D eigenvalue weighted by Gasteiger charge is -2.51. The van der Waals surface area contributed by atoms with Crippen molar-refractivity contribution < 1.29 is 19.1 Å². The molecule has 9 heteroatoms. The molecule has 1 aliphatic carbocycles. The number of aryl methyl sites for hydroxylation is 1. The Bertz CT molecular complexity index is 940. The van der Waals surface area contributed by atoms with E-state index in [4.69, 9.17) is 9.47 Å². The highest BCUT2D eigenvalue weighted by atomic mass is 16.6. The van der Waals surface area contributed by atoms with E-state index in [2.05, 4.69) is 33.6 Å². The van der Waals surface area contributed by atoms with Crippen molar-refractivity contribution in [2.45, 2.75) is 84.0 Å². The summed E-state index contributed by atoms with van der Waals surface area (Å²) in [5, 5.41) is 0. The summed E-state index contributed by atoms with van der Waals surface area (Å²) in [6, 6.07) is 0.724. The fourth-order valence-electron chi connectivity index (χ4n) is 5.64. The van der Waals surface area contributed by atoms with E-state index in [1.165, 1.54) is 13.3 Å². The topological polar surface area (TPSA) is 88.1 Å². The van der Waals surface area contributed by atoms with E-state index < -0.39 is 11.6 Å². The summed E-state index contributed by atoms with van der Waals surface area (Å²) in [4.78, 5) is 40.4. The van der Waals surface area contributed by atoms with Gasteiger partial charge in [-0.3, -0.25) is 4.90 Å². The molecule has 1 saturated carbocycles. The molecule has 1 spiro atoms. The van der Waals surface area contributed by atoms with Crippen molar-refractivity contribution >= 4 is 17.9 Å². The highest BCUT2D eigenvalue weighted by Gasteiger charge is 2.60. The van der Waals surface area contributed by atoms with Gasteiger partial charge in [-0.15, -0.1) is 0 Å². The van der Waals surface area contributed by atoms with E-state index in [1.54, 1.807) is 0 Å². The van der Waals surface area contributed by atoms with Crippen LogP contribution in [0.25, 0.3) is 0 Å². The van der Waals surface area contributed by atoms with Gasteiger partial charge < -0.3 is 19.3 Å². The maximum atomic E-state index is 12.5. The van der Waals surface area contributed by atoms with E-state index in [1.807, 2.05) is 32.6 Å². The summed E-state index contributed by atoms with van der Waals surface area (Å²) in [5.41, 5.74) is 0.641. The van der Waals surface area contributed by atoms with Crippen LogP contribution in [0.15, 0.2) is 6.20 Å². The third-order valence-electron chi connectivity index (χ3n) is 7.57. The second-order valence-electron chi connectivity index (χ2n) is 11.2. The molecular formula is C25H39N5O4. The minimum absolute atomic E-state index is 0.125. The second kappa shape index (κ2) is 8.98. The van der Waals surface area contributed by atoms with Crippen LogP contribution in [-0.4, -0.2) is 88.3 Å². The summed E-state index contributed by atoms with van der Waals surface area (Å²) in [5.74, 6) is 0.983. The number of methoxy groups -OCH3 is 1. The number of hydrogen-bond donors (Lipinski definition) is 0. The second-order valence-corrected chi connectivity index (χ2v) is 11.2. The number of ether oxygens (including phenoxy) is 2. The third-order valence-corrected chi connectivity index (χ3v) is 7.57. The van der Waals surface area contributed by atoms with Crippen LogP contribution in [0.4, 0.5) is 10.6 Å². The molecule has 188 valence electrons. The van der Waals surface area contributed by atoms with Crippen LogP contribution in [0.5, 0.6) is 0 Å². The first-order valence-electron chi connectivity index (χ1n) is 12.4. The van der Waals surface area contributed by atoms with Gasteiger partial charge in [-0.25, -0.2) is 19.6 Å². The Morgan fingerprint density at radius 3 is 2.35 bits per heavy atom. The molecule has 0 N–H and O–H groups in total. The predicted octanol–water partition coefficient (Wildman–Crippen LogP) is 3.26. The molecule has 1 amide bonds. The number of rotatable bonds is 3. The largest absolute Gasteiger partial charge is 0.464 e. The van der Waals surface area contributed by atoms with E-state index in [0.29, 0.717) is 12.0 Å². The summed E-state index contributed by atoms with van der Waals surface area (Å²) in [6.45, 7) is 15.5. The number of piperidine rings is 1. The SMILES string of the molecule is COC(=O)c1cnc(N2CC3(CC3C)N(C3CCN(C(=O)OC(C)(C)C)CC3)C[C@H]2C)c(C)n1. The molecule has 0 aromatic carbocycles. The monoisotopic (exact) mass is 473 g/mol. The molecular weight excluding hydrogens is 434 g/mol. The van der Waals surface area contributed by atoms with E-state index in [9.17, 15) is 9.59 Å². The van der Waals surface area contributed by atoms with Crippen LogP contribution in [0.1, 0.15) is 70.1 Å². The molecule has 3 heterocycles. The summed E-state index contributed by atoms with van der Waals surface area (Å²) >= 11 is 0. The zero-order valence-electron chi connectivity index (χ0n) is 21.6. The molecule has 1 aromatic rings. The Kier molecular flexibility index (Phi) is 6.52. The lowest BCUT2D eigenvalue weighted by molar-refractivity contribution is 0.00349. The van der Waals surface area contributed by atoms with E-state index in [-0.39, 0.29) is 23.4 Å². The highest BCUT2D eigenvalue weighted by molar-refractivity contribution is 5.87. The molecule has 3 atom stereocenters. The maximum absolute atomic E-state index is 12.5. The van der Waals surface area contributed by atoms with Crippen molar-refractivity contribution in [2.24, 2.45) is 5.92 Å². The standard InChI is InChI=1S/C25H39N5O4/c1-16-12-25(16)15-29(21-18(3)27-20(13-26-21)22(31)33-7)17(2)14-30(25)19-8-10-28(11-9-19)23(32)34-24(4,5)6/h13,16-17,19H,8-12,14-15H2,1-7H3/t16?,17-,25?/m1/s1. The summed E-state index contributed by atoms with van der Waals surface area (Å²) in [6.07, 6.45) is 4.40. The van der Waals surface area contributed by atoms with Gasteiger partial charge in [-0.1, -0.05) is 6.92 Å². The van der Waals surface area contributed by atoms with Gasteiger partial charge in [0.15, 0.2) is 5.69 Å². The van der Waals surface area contributed by atoms with Crippen molar-refractivity contribution in [3.8, 4) is 0 Å². The molecule has 2 aliphatic heterocycles. The number of anilines is 1. The van der Waals surface area contributed by atoms with Crippen molar-refractivity contribution in [2.75, 3.05) is 38.2 Å². The Morgan fingerprint density at radius 1 is 1.18 bits per heavy atom. The first-order valence-corrected chi connectivity index (χ1v) is 12.4. The fourth-order valence-corrected chi connectivity index (χ4v) is 5.64. The van der Waals surface area contributed by atoms with Crippen LogP contribution in [-0.2, 0) is 9.47 Å². The summed E-state index contributed by atoms with van der Waals surface area (Å²) in [7, 11) is 1.35. The molecule has 0 bridgehead atoms. The Hall–Kier alpha value is -2.42. The number of piperazine rings is 1. The molecule has 3 fully saturated rings. The Balaban J connectivity index is 1.45. The van der Waals surface area contributed by atoms with Gasteiger partial charge >= 0.3 is 12.1 Å². The number of hydrogen-bond acceptors (Lipinski definition) is 8. The number of amides is 1. The van der Waals surface area contributed by atoms with Gasteiger partial charge in [-0.2, -0.15) is 0 Å². The molecule has 1 aromatic heterocycles. The Morgan fingerprint density at radius 2 is 1.82 bits per heavy atom. The molecule has 2 unspecified atom stereocenters. The minimum Gasteiger partial charge on any atom is -0.464 e. The summed E-state index contributed by atoms with van der Waals surface area (Å²) < 4.78 is 10.4. The lowest BCUT2D eigenvalue weighted by Crippen LogP contribution is -2.64. The normalized spacial score (nSPS) is 28.2. The minimum atomic E-state index is -0.469. The third kappa shape index (κ3) is 4.72. The molecule has 34 heavy (non-hydrogen) atoms. The number of likely N-dealkylation sites (tertiary alicyclic amines) is 1. The van der Waals surface area contributed by atoms with Crippen LogP contribution < -0.4 is 4.90 Å². The van der Waals surface area contributed by atoms with Gasteiger partial charge in [0.1, 0.15) is 11.4 Å². The molecule has 0 radical (unpaired) electrons. The van der Waals surface area contributed by atoms with Gasteiger partial charge in [0.05, 0.1) is 19.0 Å². The first-order chi connectivity index (χ1) is 15.9. The van der Waals surface area contributed by atoms with E-state index >= 15 is 0 Å². The van der Waals surface area contributed by atoms with Crippen LogP contribution >= 0.6 is 0 Å². The number of aromatic nitrogens is 2. The van der Waals surface area contributed by atoms with Gasteiger partial charge in [0.25, 0.3) is 0 Å². The zero-order valence-corrected chi connectivity index (χ0v) is 21.6. The molecule has 2 saturated heterocycles. The smallest absolute Gasteiger partial charge is 0.410 e. The maximum Gasteiger partial charge on any atom is 0.410 e. The van der Waals surface area contributed by atoms with Crippen LogP contribution in [0, 0.1) is 12.8 Å². The predicted molar refractivity (Wildman–Crippen MR) is 129 cm³/mol. The quantitative estimate of drug-likeness (QED) is 0.618. The first kappa shape index (κ1) is 24.7. The van der Waals surface area contributed by atoms with E-state index in [0.717, 1.165) is 57.0 Å². The van der Waals surface area contributed by atoms with Crippen molar-refractivity contribution in [3.63, 3.8) is 0 Å². The molecule has 4 rings (SSSR count).